The first-order valence-electron chi connectivity index (χ1n) is 9.47. The number of hydrogen-bond donors (Lipinski definition) is 6. The van der Waals surface area contributed by atoms with E-state index in [1.165, 1.54) is 0 Å². The molecule has 0 unspecified atom stereocenters. The number of hydrogen-bond acceptors (Lipinski definition) is 9. The van der Waals surface area contributed by atoms with E-state index in [9.17, 15) is 14.4 Å². The van der Waals surface area contributed by atoms with Crippen LogP contribution in [-0.4, -0.2) is 49.1 Å². The number of anilines is 3. The van der Waals surface area contributed by atoms with Crippen LogP contribution in [0.4, 0.5) is 17.5 Å². The topological polar surface area (TPSA) is 206 Å². The van der Waals surface area contributed by atoms with E-state index in [-0.39, 0.29) is 17.3 Å². The Labute approximate surface area is 181 Å². The van der Waals surface area contributed by atoms with Gasteiger partial charge in [0.25, 0.3) is 5.91 Å². The summed E-state index contributed by atoms with van der Waals surface area (Å²) in [7, 11) is 0. The zero-order valence-electron chi connectivity index (χ0n) is 16.8. The lowest BCUT2D eigenvalue weighted by Gasteiger charge is -2.15. The lowest BCUT2D eigenvalue weighted by Crippen LogP contribution is -2.38. The molecule has 2 aromatic heterocycles. The molecule has 166 valence electrons. The molecule has 0 bridgehead atoms. The van der Waals surface area contributed by atoms with Crippen LogP contribution in [0.25, 0.3) is 11.0 Å². The summed E-state index contributed by atoms with van der Waals surface area (Å²) in [5, 5.41) is 24.0. The Hall–Kier alpha value is -4.48. The second-order valence-electron chi connectivity index (χ2n) is 6.98. The van der Waals surface area contributed by atoms with Gasteiger partial charge < -0.3 is 32.3 Å². The molecule has 1 aromatic carbocycles. The van der Waals surface area contributed by atoms with Gasteiger partial charge in [-0.1, -0.05) is 0 Å². The summed E-state index contributed by atoms with van der Waals surface area (Å²) in [6.45, 7) is 0.414. The summed E-state index contributed by atoms with van der Waals surface area (Å²) >= 11 is 0. The Morgan fingerprint density at radius 1 is 1.00 bits per heavy atom. The highest BCUT2D eigenvalue weighted by Crippen LogP contribution is 2.19. The average Bonchev–Trinajstić information content (AvgIpc) is 2.71. The minimum absolute atomic E-state index is 0.0507. The molecule has 0 aliphatic heterocycles. The molecular weight excluding hydrogens is 418 g/mol. The van der Waals surface area contributed by atoms with Crippen LogP contribution in [0.15, 0.2) is 36.5 Å². The highest BCUT2D eigenvalue weighted by molar-refractivity contribution is 5.95. The lowest BCUT2D eigenvalue weighted by atomic mass is 10.1. The molecule has 0 radical (unpaired) electrons. The van der Waals surface area contributed by atoms with E-state index < -0.39 is 36.7 Å². The van der Waals surface area contributed by atoms with Crippen molar-refractivity contribution < 1.29 is 24.6 Å². The minimum Gasteiger partial charge on any atom is -0.481 e. The fraction of sp³-hybridized carbons (Fsp3) is 0.200. The Bertz CT molecular complexity index is 1150. The molecule has 1 amide bonds. The van der Waals surface area contributed by atoms with E-state index in [1.54, 1.807) is 36.5 Å². The Kier molecular flexibility index (Phi) is 6.63. The number of carbonyl (C=O) groups excluding carboxylic acids is 1. The van der Waals surface area contributed by atoms with E-state index in [4.69, 9.17) is 21.7 Å². The van der Waals surface area contributed by atoms with Gasteiger partial charge in [0.15, 0.2) is 5.65 Å². The lowest BCUT2D eigenvalue weighted by molar-refractivity contribution is -0.139. The van der Waals surface area contributed by atoms with Gasteiger partial charge in [0.05, 0.1) is 24.3 Å². The number of aromatic nitrogens is 3. The van der Waals surface area contributed by atoms with Gasteiger partial charge in [-0.3, -0.25) is 14.4 Å². The van der Waals surface area contributed by atoms with Gasteiger partial charge >= 0.3 is 11.9 Å². The van der Waals surface area contributed by atoms with E-state index in [1.807, 2.05) is 0 Å². The largest absolute Gasteiger partial charge is 0.481 e. The average molecular weight is 439 g/mol. The molecule has 3 rings (SSSR count). The van der Waals surface area contributed by atoms with Crippen LogP contribution < -0.4 is 22.1 Å². The Morgan fingerprint density at radius 3 is 2.28 bits per heavy atom. The number of rotatable bonds is 9. The highest BCUT2D eigenvalue weighted by atomic mass is 16.4. The quantitative estimate of drug-likeness (QED) is 0.275. The van der Waals surface area contributed by atoms with Crippen LogP contribution in [0, 0.1) is 0 Å². The van der Waals surface area contributed by atoms with E-state index in [2.05, 4.69) is 25.6 Å². The molecule has 0 aliphatic rings. The first-order chi connectivity index (χ1) is 15.2. The number of nitrogens with zero attached hydrogens (tertiary/aromatic N) is 3. The smallest absolute Gasteiger partial charge is 0.305 e. The number of nitrogens with two attached hydrogens (primary N) is 2. The van der Waals surface area contributed by atoms with Crippen molar-refractivity contribution in [2.75, 3.05) is 16.8 Å². The molecular formula is C20H21N7O5. The molecule has 2 heterocycles. The van der Waals surface area contributed by atoms with Crippen LogP contribution >= 0.6 is 0 Å². The van der Waals surface area contributed by atoms with Gasteiger partial charge in [-0.15, -0.1) is 0 Å². The van der Waals surface area contributed by atoms with Crippen molar-refractivity contribution in [1.29, 1.82) is 0 Å². The van der Waals surface area contributed by atoms with Crippen LogP contribution in [0.5, 0.6) is 0 Å². The number of nitrogen functional groups attached to an aromatic ring is 2. The molecule has 0 spiro atoms. The molecule has 0 atom stereocenters. The summed E-state index contributed by atoms with van der Waals surface area (Å²) in [6.07, 6.45) is 0.660. The number of carbonyl (C=O) groups is 3. The van der Waals surface area contributed by atoms with E-state index in [0.717, 1.165) is 11.3 Å². The summed E-state index contributed by atoms with van der Waals surface area (Å²) in [5.41, 5.74) is 13.6. The van der Waals surface area contributed by atoms with Crippen LogP contribution in [0.1, 0.15) is 28.8 Å². The van der Waals surface area contributed by atoms with Crippen molar-refractivity contribution in [1.82, 2.24) is 20.3 Å². The third-order valence-electron chi connectivity index (χ3n) is 4.48. The molecule has 0 saturated heterocycles. The second-order valence-corrected chi connectivity index (χ2v) is 6.98. The standard InChI is InChI=1S/C20H21N7O5/c21-17-14-5-10(9-24-18(14)27-20(22)26-17)8-23-12-3-1-11(2-4-12)19(32)25-13(6-15(28)29)7-16(30)31/h1-5,9,13,23H,6-8H2,(H,25,32)(H,28,29)(H,30,31)(H4,21,22,24,26,27). The number of carboxylic acids is 2. The van der Waals surface area contributed by atoms with Crippen molar-refractivity contribution in [2.24, 2.45) is 0 Å². The van der Waals surface area contributed by atoms with Crippen molar-refractivity contribution in [3.05, 3.63) is 47.7 Å². The van der Waals surface area contributed by atoms with Gasteiger partial charge in [-0.05, 0) is 35.9 Å². The van der Waals surface area contributed by atoms with Crippen molar-refractivity contribution in [3.63, 3.8) is 0 Å². The minimum atomic E-state index is -1.20. The molecule has 0 fully saturated rings. The monoisotopic (exact) mass is 439 g/mol. The molecule has 8 N–H and O–H groups in total. The third kappa shape index (κ3) is 5.78. The number of aliphatic carboxylic acids is 2. The maximum atomic E-state index is 12.3. The maximum absolute atomic E-state index is 12.3. The normalized spacial score (nSPS) is 10.8. The summed E-state index contributed by atoms with van der Waals surface area (Å²) < 4.78 is 0. The fourth-order valence-electron chi connectivity index (χ4n) is 3.00. The summed E-state index contributed by atoms with van der Waals surface area (Å²) in [6, 6.07) is 7.22. The van der Waals surface area contributed by atoms with Crippen molar-refractivity contribution in [2.45, 2.75) is 25.4 Å². The first kappa shape index (κ1) is 22.2. The molecule has 0 saturated carbocycles. The van der Waals surface area contributed by atoms with Crippen LogP contribution in [0.2, 0.25) is 0 Å². The number of amides is 1. The summed E-state index contributed by atoms with van der Waals surface area (Å²) in [4.78, 5) is 46.3. The van der Waals surface area contributed by atoms with Gasteiger partial charge in [0.2, 0.25) is 5.95 Å². The number of fused-ring (bicyclic) bond motifs is 1. The maximum Gasteiger partial charge on any atom is 0.305 e. The SMILES string of the molecule is Nc1nc(N)c2cc(CNc3ccc(C(=O)NC(CC(=O)O)CC(=O)O)cc3)cnc2n1. The zero-order chi connectivity index (χ0) is 23.3. The predicted molar refractivity (Wildman–Crippen MR) is 116 cm³/mol. The van der Waals surface area contributed by atoms with Gasteiger partial charge in [0.1, 0.15) is 5.82 Å². The molecule has 12 heteroatoms. The molecule has 0 aliphatic carbocycles. The fourth-order valence-corrected chi connectivity index (χ4v) is 3.00. The molecule has 12 nitrogen and oxygen atoms in total. The van der Waals surface area contributed by atoms with Crippen LogP contribution in [-0.2, 0) is 16.1 Å². The molecule has 3 aromatic rings. The number of pyridine rings is 1. The predicted octanol–water partition coefficient (Wildman–Crippen LogP) is 0.849. The second kappa shape index (κ2) is 9.55. The van der Waals surface area contributed by atoms with Crippen molar-refractivity contribution in [3.8, 4) is 0 Å². The van der Waals surface area contributed by atoms with E-state index in [0.29, 0.717) is 17.6 Å². The third-order valence-corrected chi connectivity index (χ3v) is 4.48. The Morgan fingerprint density at radius 2 is 1.66 bits per heavy atom. The molecule has 32 heavy (non-hydrogen) atoms. The van der Waals surface area contributed by atoms with Gasteiger partial charge in [0, 0.05) is 24.0 Å². The van der Waals surface area contributed by atoms with E-state index >= 15 is 0 Å². The van der Waals surface area contributed by atoms with Gasteiger partial charge in [-0.25, -0.2) is 4.98 Å². The highest BCUT2D eigenvalue weighted by Gasteiger charge is 2.20. The number of benzene rings is 1. The van der Waals surface area contributed by atoms with Gasteiger partial charge in [-0.2, -0.15) is 9.97 Å². The summed E-state index contributed by atoms with van der Waals surface area (Å²) in [5.74, 6) is -2.67. The first-order valence-corrected chi connectivity index (χ1v) is 9.47. The zero-order valence-corrected chi connectivity index (χ0v) is 16.8. The van der Waals surface area contributed by atoms with Crippen molar-refractivity contribution >= 4 is 46.3 Å². The number of carboxylic acid groups (broad SMARTS) is 2. The van der Waals surface area contributed by atoms with Crippen LogP contribution in [0.3, 0.4) is 0 Å². The number of nitrogens with one attached hydrogen (secondary N) is 2. The Balaban J connectivity index is 1.63.